The summed E-state index contributed by atoms with van der Waals surface area (Å²) in [4.78, 5) is 43.4. The van der Waals surface area contributed by atoms with Crippen molar-refractivity contribution in [3.8, 4) is 0 Å². The fourth-order valence-corrected chi connectivity index (χ4v) is 1.47. The summed E-state index contributed by atoms with van der Waals surface area (Å²) in [5, 5.41) is 9.07. The Labute approximate surface area is 89.3 Å². The van der Waals surface area contributed by atoms with E-state index in [9.17, 15) is 13.9 Å². The van der Waals surface area contributed by atoms with Gasteiger partial charge in [0.15, 0.2) is 12.4 Å². The second-order valence-corrected chi connectivity index (χ2v) is 4.98. The molecule has 12 heteroatoms. The first-order chi connectivity index (χ1) is 7.05. The average Bonchev–Trinajstić information content (AvgIpc) is 2.07. The molecule has 2 atom stereocenters. The SMILES string of the molecule is O=C[C@@H](OP(=O)(O)O)[C@H](O)COP(=O)(O)O. The summed E-state index contributed by atoms with van der Waals surface area (Å²) in [5.41, 5.74) is 0. The van der Waals surface area contributed by atoms with Crippen LogP contribution in [0.4, 0.5) is 0 Å². The predicted molar refractivity (Wildman–Crippen MR) is 47.0 cm³/mol. The molecule has 0 fully saturated rings. The molecule has 96 valence electrons. The minimum Gasteiger partial charge on any atom is -0.387 e. The zero-order valence-electron chi connectivity index (χ0n) is 7.61. The van der Waals surface area contributed by atoms with Crippen LogP contribution in [0.25, 0.3) is 0 Å². The quantitative estimate of drug-likeness (QED) is 0.263. The van der Waals surface area contributed by atoms with Gasteiger partial charge in [-0.3, -0.25) is 9.05 Å². The Bertz CT molecular complexity index is 315. The summed E-state index contributed by atoms with van der Waals surface area (Å²) in [6.45, 7) is -1.02. The predicted octanol–water partition coefficient (Wildman–Crippen LogP) is -1.87. The molecule has 0 aromatic carbocycles. The highest BCUT2D eigenvalue weighted by Crippen LogP contribution is 2.39. The zero-order valence-corrected chi connectivity index (χ0v) is 9.40. The molecular formula is C4H10O10P2. The van der Waals surface area contributed by atoms with Crippen LogP contribution in [-0.2, 0) is 23.0 Å². The van der Waals surface area contributed by atoms with Crippen molar-refractivity contribution in [1.82, 2.24) is 0 Å². The number of carbonyl (C=O) groups is 1. The van der Waals surface area contributed by atoms with Crippen LogP contribution in [0, 0.1) is 0 Å². The Morgan fingerprint density at radius 2 is 1.62 bits per heavy atom. The Balaban J connectivity index is 4.33. The molecule has 0 aromatic rings. The van der Waals surface area contributed by atoms with Crippen molar-refractivity contribution < 1.29 is 47.7 Å². The Hall–Kier alpha value is -0.150. The number of carbonyl (C=O) groups excluding carboxylic acids is 1. The Morgan fingerprint density at radius 1 is 1.12 bits per heavy atom. The first-order valence-corrected chi connectivity index (χ1v) is 6.68. The van der Waals surface area contributed by atoms with Gasteiger partial charge >= 0.3 is 15.6 Å². The lowest BCUT2D eigenvalue weighted by Gasteiger charge is -2.18. The van der Waals surface area contributed by atoms with E-state index in [0.717, 1.165) is 0 Å². The van der Waals surface area contributed by atoms with Crippen LogP contribution < -0.4 is 0 Å². The molecule has 0 saturated carbocycles. The van der Waals surface area contributed by atoms with Crippen LogP contribution in [0.15, 0.2) is 0 Å². The van der Waals surface area contributed by atoms with Gasteiger partial charge in [0.25, 0.3) is 0 Å². The van der Waals surface area contributed by atoms with E-state index in [4.69, 9.17) is 24.7 Å². The monoisotopic (exact) mass is 280 g/mol. The minimum absolute atomic E-state index is 0.132. The van der Waals surface area contributed by atoms with Crippen LogP contribution >= 0.6 is 15.6 Å². The van der Waals surface area contributed by atoms with Crippen molar-refractivity contribution >= 4 is 21.9 Å². The summed E-state index contributed by atoms with van der Waals surface area (Å²) < 4.78 is 28.2. The van der Waals surface area contributed by atoms with E-state index in [1.54, 1.807) is 0 Å². The number of hydrogen-bond donors (Lipinski definition) is 5. The molecule has 0 aliphatic rings. The number of phosphoric ester groups is 2. The molecule has 0 saturated heterocycles. The minimum atomic E-state index is -5.00. The number of hydrogen-bond acceptors (Lipinski definition) is 6. The Morgan fingerprint density at radius 3 is 1.94 bits per heavy atom. The molecule has 0 aromatic heterocycles. The molecular weight excluding hydrogens is 270 g/mol. The highest BCUT2D eigenvalue weighted by Gasteiger charge is 2.29. The van der Waals surface area contributed by atoms with Gasteiger partial charge in [-0.05, 0) is 0 Å². The van der Waals surface area contributed by atoms with Crippen molar-refractivity contribution in [2.24, 2.45) is 0 Å². The van der Waals surface area contributed by atoms with E-state index in [-0.39, 0.29) is 6.29 Å². The number of aliphatic hydroxyl groups is 1. The molecule has 10 nitrogen and oxygen atoms in total. The summed E-state index contributed by atoms with van der Waals surface area (Å²) in [5.74, 6) is 0. The Kier molecular flexibility index (Phi) is 5.91. The van der Waals surface area contributed by atoms with Crippen molar-refractivity contribution in [3.05, 3.63) is 0 Å². The van der Waals surface area contributed by atoms with Crippen molar-refractivity contribution in [1.29, 1.82) is 0 Å². The number of phosphoric acid groups is 2. The maximum absolute atomic E-state index is 10.3. The van der Waals surface area contributed by atoms with Gasteiger partial charge < -0.3 is 29.5 Å². The molecule has 16 heavy (non-hydrogen) atoms. The van der Waals surface area contributed by atoms with Gasteiger partial charge in [0.1, 0.15) is 6.10 Å². The smallest absolute Gasteiger partial charge is 0.387 e. The first-order valence-electron chi connectivity index (χ1n) is 3.62. The van der Waals surface area contributed by atoms with Gasteiger partial charge in [-0.1, -0.05) is 0 Å². The lowest BCUT2D eigenvalue weighted by molar-refractivity contribution is -0.120. The lowest BCUT2D eigenvalue weighted by Crippen LogP contribution is -2.33. The molecule has 0 unspecified atom stereocenters. The van der Waals surface area contributed by atoms with Gasteiger partial charge in [-0.2, -0.15) is 0 Å². The summed E-state index contributed by atoms with van der Waals surface area (Å²) in [7, 11) is -9.84. The van der Waals surface area contributed by atoms with E-state index in [0.29, 0.717) is 0 Å². The largest absolute Gasteiger partial charge is 0.470 e. The molecule has 0 spiro atoms. The number of aldehydes is 1. The van der Waals surface area contributed by atoms with Crippen LogP contribution in [0.3, 0.4) is 0 Å². The third-order valence-electron chi connectivity index (χ3n) is 1.19. The molecule has 0 aliphatic heterocycles. The zero-order chi connectivity index (χ0) is 13.0. The summed E-state index contributed by atoms with van der Waals surface area (Å²) in [6, 6.07) is 0. The van der Waals surface area contributed by atoms with Gasteiger partial charge in [-0.15, -0.1) is 0 Å². The normalized spacial score (nSPS) is 16.8. The first kappa shape index (κ1) is 15.9. The topological polar surface area (TPSA) is 171 Å². The highest BCUT2D eigenvalue weighted by molar-refractivity contribution is 7.46. The third-order valence-corrected chi connectivity index (χ3v) is 2.19. The highest BCUT2D eigenvalue weighted by atomic mass is 31.2. The van der Waals surface area contributed by atoms with Crippen LogP contribution in [-0.4, -0.2) is 49.8 Å². The van der Waals surface area contributed by atoms with Gasteiger partial charge in [0, 0.05) is 0 Å². The van der Waals surface area contributed by atoms with Crippen LogP contribution in [0.2, 0.25) is 0 Å². The second-order valence-electron chi connectivity index (χ2n) is 2.55. The second kappa shape index (κ2) is 5.97. The van der Waals surface area contributed by atoms with E-state index in [1.807, 2.05) is 0 Å². The molecule has 0 aliphatic carbocycles. The van der Waals surface area contributed by atoms with E-state index >= 15 is 0 Å². The molecule has 0 rings (SSSR count). The van der Waals surface area contributed by atoms with Crippen molar-refractivity contribution in [2.75, 3.05) is 6.61 Å². The van der Waals surface area contributed by atoms with Gasteiger partial charge in [0.05, 0.1) is 6.61 Å². The molecule has 0 amide bonds. The number of aliphatic hydroxyl groups excluding tert-OH is 1. The van der Waals surface area contributed by atoms with Gasteiger partial charge in [0.2, 0.25) is 0 Å². The lowest BCUT2D eigenvalue weighted by atomic mass is 10.2. The molecule has 0 radical (unpaired) electrons. The maximum Gasteiger partial charge on any atom is 0.470 e. The standard InChI is InChI=1S/C4H10O10P2/c5-1-4(14-16(10,11)12)3(6)2-13-15(7,8)9/h1,3-4,6H,2H2,(H2,7,8,9)(H2,10,11,12)/t3-,4-/m1/s1. The van der Waals surface area contributed by atoms with Crippen molar-refractivity contribution in [2.45, 2.75) is 12.2 Å². The van der Waals surface area contributed by atoms with E-state index in [1.165, 1.54) is 0 Å². The van der Waals surface area contributed by atoms with Crippen molar-refractivity contribution in [3.63, 3.8) is 0 Å². The van der Waals surface area contributed by atoms with Gasteiger partial charge in [-0.25, -0.2) is 9.13 Å². The van der Waals surface area contributed by atoms with Crippen LogP contribution in [0.5, 0.6) is 0 Å². The maximum atomic E-state index is 10.3. The van der Waals surface area contributed by atoms with E-state index in [2.05, 4.69) is 9.05 Å². The molecule has 0 bridgehead atoms. The summed E-state index contributed by atoms with van der Waals surface area (Å²) in [6.07, 6.45) is -4.00. The fourth-order valence-electron chi connectivity index (χ4n) is 0.613. The summed E-state index contributed by atoms with van der Waals surface area (Å²) >= 11 is 0. The van der Waals surface area contributed by atoms with E-state index < -0.39 is 34.5 Å². The average molecular weight is 280 g/mol. The molecule has 0 heterocycles. The number of rotatable bonds is 7. The molecule has 5 N–H and O–H groups in total. The fraction of sp³-hybridized carbons (Fsp3) is 0.750. The van der Waals surface area contributed by atoms with Crippen LogP contribution in [0.1, 0.15) is 0 Å². The third kappa shape index (κ3) is 8.05.